The maximum Gasteiger partial charge on any atom is 0.336 e. The molecule has 0 unspecified atom stereocenters. The van der Waals surface area contributed by atoms with Crippen LogP contribution in [0.3, 0.4) is 0 Å². The molecule has 7 heteroatoms. The second-order valence-corrected chi connectivity index (χ2v) is 6.65. The van der Waals surface area contributed by atoms with E-state index >= 15 is 0 Å². The van der Waals surface area contributed by atoms with Gasteiger partial charge in [0.2, 0.25) is 0 Å². The summed E-state index contributed by atoms with van der Waals surface area (Å²) < 4.78 is 5.07. The fourth-order valence-corrected chi connectivity index (χ4v) is 3.52. The molecule has 0 atom stereocenters. The molecule has 1 aliphatic heterocycles. The van der Waals surface area contributed by atoms with E-state index in [9.17, 15) is 9.59 Å². The third-order valence-electron chi connectivity index (χ3n) is 4.05. The number of carbonyl (C=O) groups is 1. The van der Waals surface area contributed by atoms with Crippen LogP contribution in [0.5, 0.6) is 0 Å². The predicted molar refractivity (Wildman–Crippen MR) is 87.7 cm³/mol. The van der Waals surface area contributed by atoms with E-state index in [4.69, 9.17) is 4.42 Å². The molecular formula is C16H19N3O3S. The molecule has 1 fully saturated rings. The second kappa shape index (κ2) is 6.64. The van der Waals surface area contributed by atoms with Crippen molar-refractivity contribution in [3.63, 3.8) is 0 Å². The monoisotopic (exact) mass is 333 g/mol. The maximum atomic E-state index is 12.7. The third kappa shape index (κ3) is 3.51. The van der Waals surface area contributed by atoms with Gasteiger partial charge >= 0.3 is 5.63 Å². The van der Waals surface area contributed by atoms with Crippen molar-refractivity contribution < 1.29 is 9.21 Å². The quantitative estimate of drug-likeness (QED) is 0.855. The lowest BCUT2D eigenvalue weighted by Crippen LogP contribution is -2.48. The molecule has 122 valence electrons. The molecule has 0 aromatic carbocycles. The number of hydrogen-bond acceptors (Lipinski definition) is 6. The van der Waals surface area contributed by atoms with E-state index in [0.29, 0.717) is 30.0 Å². The lowest BCUT2D eigenvalue weighted by molar-refractivity contribution is 0.0623. The number of carbonyl (C=O) groups excluding carboxylic acids is 1. The topological polar surface area (TPSA) is 66.7 Å². The van der Waals surface area contributed by atoms with Crippen LogP contribution < -0.4 is 5.63 Å². The molecule has 0 aliphatic carbocycles. The minimum Gasteiger partial charge on any atom is -0.427 e. The molecule has 1 saturated heterocycles. The molecule has 2 aromatic heterocycles. The standard InChI is InChI=1S/C16H19N3O3S/c1-11-9-14(20)22-12(2)15(11)16(21)19-6-4-18(5-7-19)10-13-17-3-8-23-13/h3,8-9H,4-7,10H2,1-2H3. The number of rotatable bonds is 3. The van der Waals surface area contributed by atoms with Gasteiger partial charge < -0.3 is 9.32 Å². The molecule has 0 N–H and O–H groups in total. The summed E-state index contributed by atoms with van der Waals surface area (Å²) >= 11 is 1.65. The van der Waals surface area contributed by atoms with E-state index in [1.807, 2.05) is 16.5 Å². The normalized spacial score (nSPS) is 15.8. The number of hydrogen-bond donors (Lipinski definition) is 0. The average Bonchev–Trinajstić information content (AvgIpc) is 2.99. The summed E-state index contributed by atoms with van der Waals surface area (Å²) in [6.45, 7) is 7.25. The van der Waals surface area contributed by atoms with Crippen molar-refractivity contribution in [2.45, 2.75) is 20.4 Å². The number of thiazole rings is 1. The molecule has 3 heterocycles. The summed E-state index contributed by atoms with van der Waals surface area (Å²) in [5, 5.41) is 3.07. The van der Waals surface area contributed by atoms with Gasteiger partial charge in [-0.2, -0.15) is 0 Å². The van der Waals surface area contributed by atoms with E-state index in [0.717, 1.165) is 24.6 Å². The molecule has 0 spiro atoms. The first-order chi connectivity index (χ1) is 11.0. The van der Waals surface area contributed by atoms with E-state index in [1.165, 1.54) is 6.07 Å². The fraction of sp³-hybridized carbons (Fsp3) is 0.438. The number of amides is 1. The molecular weight excluding hydrogens is 314 g/mol. The highest BCUT2D eigenvalue weighted by atomic mass is 32.1. The van der Waals surface area contributed by atoms with Gasteiger partial charge in [-0.1, -0.05) is 0 Å². The van der Waals surface area contributed by atoms with Crippen molar-refractivity contribution in [3.05, 3.63) is 50.0 Å². The van der Waals surface area contributed by atoms with Crippen molar-refractivity contribution in [1.82, 2.24) is 14.8 Å². The van der Waals surface area contributed by atoms with Crippen LogP contribution in [-0.4, -0.2) is 46.9 Å². The Morgan fingerprint density at radius 1 is 1.30 bits per heavy atom. The van der Waals surface area contributed by atoms with Crippen molar-refractivity contribution in [3.8, 4) is 0 Å². The Labute approximate surface area is 138 Å². The Morgan fingerprint density at radius 2 is 2.04 bits per heavy atom. The lowest BCUT2D eigenvalue weighted by atomic mass is 10.1. The van der Waals surface area contributed by atoms with Crippen LogP contribution in [0, 0.1) is 13.8 Å². The molecule has 1 aliphatic rings. The molecule has 2 aromatic rings. The van der Waals surface area contributed by atoms with Gasteiger partial charge in [-0.3, -0.25) is 9.69 Å². The zero-order valence-electron chi connectivity index (χ0n) is 13.2. The van der Waals surface area contributed by atoms with Gasteiger partial charge in [-0.15, -0.1) is 11.3 Å². The van der Waals surface area contributed by atoms with Crippen LogP contribution in [0.1, 0.15) is 26.7 Å². The van der Waals surface area contributed by atoms with Gasteiger partial charge in [0.05, 0.1) is 12.1 Å². The predicted octanol–water partition coefficient (Wildman–Crippen LogP) is 1.67. The zero-order chi connectivity index (χ0) is 16.4. The summed E-state index contributed by atoms with van der Waals surface area (Å²) in [6.07, 6.45) is 1.81. The van der Waals surface area contributed by atoms with Crippen LogP contribution in [0.15, 0.2) is 26.9 Å². The Bertz CT molecular complexity index is 720. The smallest absolute Gasteiger partial charge is 0.336 e. The van der Waals surface area contributed by atoms with Crippen LogP contribution in [0.25, 0.3) is 0 Å². The van der Waals surface area contributed by atoms with Crippen molar-refractivity contribution >= 4 is 17.2 Å². The van der Waals surface area contributed by atoms with Crippen LogP contribution in [0.4, 0.5) is 0 Å². The van der Waals surface area contributed by atoms with Crippen LogP contribution in [0.2, 0.25) is 0 Å². The zero-order valence-corrected chi connectivity index (χ0v) is 14.1. The molecule has 23 heavy (non-hydrogen) atoms. The second-order valence-electron chi connectivity index (χ2n) is 5.67. The minimum atomic E-state index is -0.412. The van der Waals surface area contributed by atoms with E-state index in [2.05, 4.69) is 9.88 Å². The lowest BCUT2D eigenvalue weighted by Gasteiger charge is -2.34. The maximum absolute atomic E-state index is 12.7. The fourth-order valence-electron chi connectivity index (χ4n) is 2.87. The highest BCUT2D eigenvalue weighted by molar-refractivity contribution is 7.09. The molecule has 3 rings (SSSR count). The van der Waals surface area contributed by atoms with Gasteiger partial charge in [-0.05, 0) is 19.4 Å². The van der Waals surface area contributed by atoms with E-state index in [-0.39, 0.29) is 5.91 Å². The molecule has 0 bridgehead atoms. The van der Waals surface area contributed by atoms with Crippen molar-refractivity contribution in [1.29, 1.82) is 0 Å². The number of aromatic nitrogens is 1. The molecule has 0 saturated carbocycles. The SMILES string of the molecule is Cc1cc(=O)oc(C)c1C(=O)N1CCN(Cc2nccs2)CC1. The van der Waals surface area contributed by atoms with Gasteiger partial charge in [0.1, 0.15) is 10.8 Å². The number of nitrogens with zero attached hydrogens (tertiary/aromatic N) is 3. The Kier molecular flexibility index (Phi) is 4.58. The Balaban J connectivity index is 1.66. The summed E-state index contributed by atoms with van der Waals surface area (Å²) in [5.74, 6) is 0.336. The minimum absolute atomic E-state index is 0.0577. The van der Waals surface area contributed by atoms with Crippen LogP contribution in [-0.2, 0) is 6.54 Å². The summed E-state index contributed by atoms with van der Waals surface area (Å²) in [4.78, 5) is 32.5. The molecule has 1 amide bonds. The molecule has 0 radical (unpaired) electrons. The van der Waals surface area contributed by atoms with Gasteiger partial charge in [0.15, 0.2) is 0 Å². The average molecular weight is 333 g/mol. The van der Waals surface area contributed by atoms with Gasteiger partial charge in [-0.25, -0.2) is 9.78 Å². The van der Waals surface area contributed by atoms with Crippen LogP contribution >= 0.6 is 11.3 Å². The van der Waals surface area contributed by atoms with E-state index in [1.54, 1.807) is 25.2 Å². The number of aryl methyl sites for hydroxylation is 2. The number of piperazine rings is 1. The van der Waals surface area contributed by atoms with Crippen molar-refractivity contribution in [2.75, 3.05) is 26.2 Å². The summed E-state index contributed by atoms with van der Waals surface area (Å²) in [5.41, 5.74) is 0.775. The van der Waals surface area contributed by atoms with Gasteiger partial charge in [0.25, 0.3) is 5.91 Å². The third-order valence-corrected chi connectivity index (χ3v) is 4.81. The summed E-state index contributed by atoms with van der Waals surface area (Å²) in [7, 11) is 0. The highest BCUT2D eigenvalue weighted by Crippen LogP contribution is 2.16. The highest BCUT2D eigenvalue weighted by Gasteiger charge is 2.25. The first-order valence-corrected chi connectivity index (χ1v) is 8.44. The van der Waals surface area contributed by atoms with Gasteiger partial charge in [0, 0.05) is 43.8 Å². The molecule has 6 nitrogen and oxygen atoms in total. The van der Waals surface area contributed by atoms with Crippen molar-refractivity contribution in [2.24, 2.45) is 0 Å². The summed E-state index contributed by atoms with van der Waals surface area (Å²) in [6, 6.07) is 1.37. The Hall–Kier alpha value is -1.99. The van der Waals surface area contributed by atoms with E-state index < -0.39 is 5.63 Å². The first-order valence-electron chi connectivity index (χ1n) is 7.56. The Morgan fingerprint density at radius 3 is 2.65 bits per heavy atom. The first kappa shape index (κ1) is 15.9. The largest absolute Gasteiger partial charge is 0.427 e.